The highest BCUT2D eigenvalue weighted by atomic mass is 16.5. The number of aromatic nitrogens is 3. The molecule has 1 aromatic carbocycles. The summed E-state index contributed by atoms with van der Waals surface area (Å²) in [5.74, 6) is 0.720. The minimum absolute atomic E-state index is 0.335. The molecular formula is C16H13N3O. The number of ether oxygens (including phenoxy) is 1. The average Bonchev–Trinajstić information content (AvgIpc) is 2.50. The molecule has 0 unspecified atom stereocenters. The van der Waals surface area contributed by atoms with E-state index in [-0.39, 0.29) is 0 Å². The lowest BCUT2D eigenvalue weighted by atomic mass is 10.1. The Morgan fingerprint density at radius 1 is 0.850 bits per heavy atom. The number of para-hydroxylation sites is 1. The topological polar surface area (TPSA) is 47.9 Å². The van der Waals surface area contributed by atoms with Gasteiger partial charge in [-0.3, -0.25) is 4.98 Å². The number of aryl methyl sites for hydroxylation is 1. The standard InChI is InChI=1S/C16H13N3O/c1-12-15(8-5-9-17-12)13-10-18-16(19-11-13)20-14-6-3-2-4-7-14/h2-11H,1H3. The number of nitrogens with zero attached hydrogens (tertiary/aromatic N) is 3. The van der Waals surface area contributed by atoms with Gasteiger partial charge in [0.1, 0.15) is 5.75 Å². The quantitative estimate of drug-likeness (QED) is 0.723. The van der Waals surface area contributed by atoms with Crippen molar-refractivity contribution in [3.63, 3.8) is 0 Å². The maximum absolute atomic E-state index is 5.56. The van der Waals surface area contributed by atoms with Gasteiger partial charge in [0.15, 0.2) is 0 Å². The normalized spacial score (nSPS) is 10.2. The lowest BCUT2D eigenvalue weighted by Crippen LogP contribution is -1.93. The van der Waals surface area contributed by atoms with Crippen LogP contribution in [0.2, 0.25) is 0 Å². The van der Waals surface area contributed by atoms with E-state index in [4.69, 9.17) is 4.74 Å². The summed E-state index contributed by atoms with van der Waals surface area (Å²) in [6, 6.07) is 13.7. The van der Waals surface area contributed by atoms with Crippen molar-refractivity contribution in [1.29, 1.82) is 0 Å². The largest absolute Gasteiger partial charge is 0.424 e. The van der Waals surface area contributed by atoms with Gasteiger partial charge in [0.2, 0.25) is 0 Å². The summed E-state index contributed by atoms with van der Waals surface area (Å²) in [7, 11) is 0. The first-order valence-corrected chi connectivity index (χ1v) is 6.30. The fourth-order valence-corrected chi connectivity index (χ4v) is 1.89. The second-order valence-corrected chi connectivity index (χ2v) is 4.31. The van der Waals surface area contributed by atoms with Crippen LogP contribution in [0.3, 0.4) is 0 Å². The molecule has 0 spiro atoms. The minimum atomic E-state index is 0.335. The maximum atomic E-state index is 5.56. The molecular weight excluding hydrogens is 250 g/mol. The molecule has 3 aromatic rings. The van der Waals surface area contributed by atoms with Crippen LogP contribution in [-0.2, 0) is 0 Å². The molecule has 2 heterocycles. The summed E-state index contributed by atoms with van der Waals surface area (Å²) < 4.78 is 5.56. The summed E-state index contributed by atoms with van der Waals surface area (Å²) in [6.45, 7) is 1.96. The van der Waals surface area contributed by atoms with E-state index >= 15 is 0 Å². The van der Waals surface area contributed by atoms with E-state index in [1.54, 1.807) is 18.6 Å². The summed E-state index contributed by atoms with van der Waals surface area (Å²) in [6.07, 6.45) is 5.26. The van der Waals surface area contributed by atoms with Crippen LogP contribution in [0.5, 0.6) is 11.8 Å². The van der Waals surface area contributed by atoms with Gasteiger partial charge in [-0.15, -0.1) is 0 Å². The van der Waals surface area contributed by atoms with Gasteiger partial charge in [0, 0.05) is 35.4 Å². The van der Waals surface area contributed by atoms with Crippen molar-refractivity contribution in [2.24, 2.45) is 0 Å². The molecule has 4 nitrogen and oxygen atoms in total. The first-order chi connectivity index (χ1) is 9.83. The molecule has 0 N–H and O–H groups in total. The van der Waals surface area contributed by atoms with Crippen LogP contribution in [0, 0.1) is 6.92 Å². The van der Waals surface area contributed by atoms with Crippen LogP contribution < -0.4 is 4.74 Å². The van der Waals surface area contributed by atoms with Crippen LogP contribution in [-0.4, -0.2) is 15.0 Å². The molecule has 20 heavy (non-hydrogen) atoms. The van der Waals surface area contributed by atoms with Gasteiger partial charge < -0.3 is 4.74 Å². The lowest BCUT2D eigenvalue weighted by molar-refractivity contribution is 0.442. The second kappa shape index (κ2) is 5.48. The van der Waals surface area contributed by atoms with Crippen LogP contribution >= 0.6 is 0 Å². The highest BCUT2D eigenvalue weighted by Gasteiger charge is 2.05. The Hall–Kier alpha value is -2.75. The van der Waals surface area contributed by atoms with Crippen molar-refractivity contribution in [3.8, 4) is 22.9 Å². The number of pyridine rings is 1. The number of rotatable bonds is 3. The Bertz CT molecular complexity index is 696. The molecule has 0 saturated heterocycles. The van der Waals surface area contributed by atoms with Gasteiger partial charge in [-0.2, -0.15) is 0 Å². The van der Waals surface area contributed by atoms with Crippen molar-refractivity contribution in [2.45, 2.75) is 6.92 Å². The third kappa shape index (κ3) is 2.64. The summed E-state index contributed by atoms with van der Waals surface area (Å²) in [5, 5.41) is 0. The molecule has 4 heteroatoms. The van der Waals surface area contributed by atoms with Crippen LogP contribution in [0.4, 0.5) is 0 Å². The Labute approximate surface area is 117 Å². The smallest absolute Gasteiger partial charge is 0.321 e. The molecule has 0 aliphatic carbocycles. The molecule has 0 bridgehead atoms. The highest BCUT2D eigenvalue weighted by Crippen LogP contribution is 2.22. The van der Waals surface area contributed by atoms with Gasteiger partial charge in [0.25, 0.3) is 0 Å². The van der Waals surface area contributed by atoms with Crippen LogP contribution in [0.1, 0.15) is 5.69 Å². The highest BCUT2D eigenvalue weighted by molar-refractivity contribution is 5.63. The molecule has 0 aliphatic rings. The molecule has 0 saturated carbocycles. The van der Waals surface area contributed by atoms with Crippen LogP contribution in [0.15, 0.2) is 61.1 Å². The van der Waals surface area contributed by atoms with Crippen LogP contribution in [0.25, 0.3) is 11.1 Å². The van der Waals surface area contributed by atoms with E-state index in [2.05, 4.69) is 15.0 Å². The molecule has 0 radical (unpaired) electrons. The van der Waals surface area contributed by atoms with E-state index < -0.39 is 0 Å². The monoisotopic (exact) mass is 263 g/mol. The maximum Gasteiger partial charge on any atom is 0.321 e. The van der Waals surface area contributed by atoms with Gasteiger partial charge in [-0.25, -0.2) is 9.97 Å². The van der Waals surface area contributed by atoms with E-state index in [9.17, 15) is 0 Å². The van der Waals surface area contributed by atoms with Crippen molar-refractivity contribution in [3.05, 3.63) is 66.7 Å². The fraction of sp³-hybridized carbons (Fsp3) is 0.0625. The Morgan fingerprint density at radius 3 is 2.30 bits per heavy atom. The second-order valence-electron chi connectivity index (χ2n) is 4.31. The lowest BCUT2D eigenvalue weighted by Gasteiger charge is -2.06. The van der Waals surface area contributed by atoms with Crippen molar-refractivity contribution in [1.82, 2.24) is 15.0 Å². The zero-order valence-corrected chi connectivity index (χ0v) is 11.0. The third-order valence-electron chi connectivity index (χ3n) is 2.90. The Balaban J connectivity index is 1.83. The van der Waals surface area contributed by atoms with Crippen molar-refractivity contribution < 1.29 is 4.74 Å². The Morgan fingerprint density at radius 2 is 1.60 bits per heavy atom. The van der Waals surface area contributed by atoms with Gasteiger partial charge >= 0.3 is 6.01 Å². The zero-order chi connectivity index (χ0) is 13.8. The molecule has 0 atom stereocenters. The average molecular weight is 263 g/mol. The summed E-state index contributed by atoms with van der Waals surface area (Å²) in [4.78, 5) is 12.7. The molecule has 0 fully saturated rings. The SMILES string of the molecule is Cc1ncccc1-c1cnc(Oc2ccccc2)nc1. The molecule has 3 rings (SSSR count). The van der Waals surface area contributed by atoms with E-state index in [0.29, 0.717) is 6.01 Å². The molecule has 0 amide bonds. The van der Waals surface area contributed by atoms with E-state index in [0.717, 1.165) is 22.6 Å². The predicted molar refractivity (Wildman–Crippen MR) is 76.5 cm³/mol. The number of benzene rings is 1. The van der Waals surface area contributed by atoms with E-state index in [1.165, 1.54) is 0 Å². The van der Waals surface area contributed by atoms with Gasteiger partial charge in [-0.05, 0) is 25.1 Å². The summed E-state index contributed by atoms with van der Waals surface area (Å²) in [5.41, 5.74) is 2.91. The van der Waals surface area contributed by atoms with E-state index in [1.807, 2.05) is 49.4 Å². The molecule has 98 valence electrons. The number of hydrogen-bond donors (Lipinski definition) is 0. The first-order valence-electron chi connectivity index (χ1n) is 6.30. The third-order valence-corrected chi connectivity index (χ3v) is 2.90. The van der Waals surface area contributed by atoms with Gasteiger partial charge in [-0.1, -0.05) is 24.3 Å². The zero-order valence-electron chi connectivity index (χ0n) is 11.0. The fourth-order valence-electron chi connectivity index (χ4n) is 1.89. The predicted octanol–water partition coefficient (Wildman–Crippen LogP) is 3.64. The summed E-state index contributed by atoms with van der Waals surface area (Å²) >= 11 is 0. The molecule has 0 aliphatic heterocycles. The number of hydrogen-bond acceptors (Lipinski definition) is 4. The first kappa shape index (κ1) is 12.3. The van der Waals surface area contributed by atoms with Gasteiger partial charge in [0.05, 0.1) is 0 Å². The molecule has 2 aromatic heterocycles. The van der Waals surface area contributed by atoms with Crippen molar-refractivity contribution >= 4 is 0 Å². The Kier molecular flexibility index (Phi) is 3.37. The van der Waals surface area contributed by atoms with Crippen molar-refractivity contribution in [2.75, 3.05) is 0 Å². The minimum Gasteiger partial charge on any atom is -0.424 e.